The number of hydrogen-bond acceptors (Lipinski definition) is 4. The summed E-state index contributed by atoms with van der Waals surface area (Å²) < 4.78 is 0. The molecule has 0 aromatic heterocycles. The van der Waals surface area contributed by atoms with Gasteiger partial charge in [-0.3, -0.25) is 4.79 Å². The Morgan fingerprint density at radius 3 is 2.29 bits per heavy atom. The second kappa shape index (κ2) is 8.82. The van der Waals surface area contributed by atoms with Crippen molar-refractivity contribution in [3.63, 3.8) is 0 Å². The molecule has 98 valence electrons. The van der Waals surface area contributed by atoms with Gasteiger partial charge >= 0.3 is 0 Å². The molecule has 0 unspecified atom stereocenters. The van der Waals surface area contributed by atoms with Crippen LogP contribution >= 0.6 is 0 Å². The Kier molecular flexibility index (Phi) is 8.15. The zero-order valence-corrected chi connectivity index (χ0v) is 11.5. The minimum atomic E-state index is -0.0158. The van der Waals surface area contributed by atoms with Gasteiger partial charge in [-0.25, -0.2) is 0 Å². The molecule has 0 aliphatic carbocycles. The highest BCUT2D eigenvalue weighted by Gasteiger charge is 2.12. The molecule has 0 aromatic carbocycles. The summed E-state index contributed by atoms with van der Waals surface area (Å²) in [4.78, 5) is 13.7. The van der Waals surface area contributed by atoms with Crippen molar-refractivity contribution in [2.75, 3.05) is 33.2 Å². The molecule has 0 bridgehead atoms. The van der Waals surface area contributed by atoms with Crippen LogP contribution in [0.2, 0.25) is 0 Å². The molecular formula is C13H25N3O. The maximum Gasteiger partial charge on any atom is 0.184 e. The fraction of sp³-hybridized carbons (Fsp3) is 0.615. The highest BCUT2D eigenvalue weighted by atomic mass is 16.1. The van der Waals surface area contributed by atoms with Crippen LogP contribution in [-0.2, 0) is 4.79 Å². The number of carbonyl (C=O) groups excluding carboxylic acids is 1. The summed E-state index contributed by atoms with van der Waals surface area (Å²) in [7, 11) is 1.83. The number of nitrogens with zero attached hydrogens (tertiary/aromatic N) is 1. The van der Waals surface area contributed by atoms with Crippen molar-refractivity contribution in [1.82, 2.24) is 15.5 Å². The topological polar surface area (TPSA) is 44.4 Å². The molecule has 1 aliphatic heterocycles. The van der Waals surface area contributed by atoms with E-state index in [2.05, 4.69) is 22.1 Å². The van der Waals surface area contributed by atoms with Crippen LogP contribution in [0.5, 0.6) is 0 Å². The second-order valence-corrected chi connectivity index (χ2v) is 3.66. The van der Waals surface area contributed by atoms with Gasteiger partial charge in [0.15, 0.2) is 5.78 Å². The summed E-state index contributed by atoms with van der Waals surface area (Å²) in [6.07, 6.45) is 1.62. The first-order chi connectivity index (χ1) is 8.15. The third-order valence-electron chi connectivity index (χ3n) is 2.40. The van der Waals surface area contributed by atoms with Gasteiger partial charge in [0.25, 0.3) is 0 Å². The van der Waals surface area contributed by atoms with Crippen molar-refractivity contribution >= 4 is 5.78 Å². The molecule has 4 heteroatoms. The van der Waals surface area contributed by atoms with Gasteiger partial charge in [0.1, 0.15) is 5.82 Å². The van der Waals surface area contributed by atoms with Crippen LogP contribution in [-0.4, -0.2) is 43.9 Å². The number of ketones is 1. The maximum atomic E-state index is 11.5. The molecule has 0 radical (unpaired) electrons. The molecule has 0 aromatic rings. The molecule has 17 heavy (non-hydrogen) atoms. The molecule has 1 heterocycles. The van der Waals surface area contributed by atoms with Crippen LogP contribution in [0.1, 0.15) is 20.8 Å². The van der Waals surface area contributed by atoms with E-state index >= 15 is 0 Å². The zero-order valence-electron chi connectivity index (χ0n) is 11.5. The number of carbonyl (C=O) groups is 1. The van der Waals surface area contributed by atoms with Crippen molar-refractivity contribution in [2.24, 2.45) is 0 Å². The molecule has 1 aliphatic rings. The van der Waals surface area contributed by atoms with Crippen LogP contribution < -0.4 is 10.6 Å². The second-order valence-electron chi connectivity index (χ2n) is 3.66. The van der Waals surface area contributed by atoms with Crippen molar-refractivity contribution in [2.45, 2.75) is 20.8 Å². The molecule has 0 amide bonds. The summed E-state index contributed by atoms with van der Waals surface area (Å²) in [5.41, 5.74) is 0.567. The molecule has 4 nitrogen and oxygen atoms in total. The normalized spacial score (nSPS) is 15.8. The predicted octanol–water partition coefficient (Wildman–Crippen LogP) is 1.12. The minimum Gasteiger partial charge on any atom is -0.375 e. The Hall–Kier alpha value is -1.29. The van der Waals surface area contributed by atoms with E-state index in [9.17, 15) is 4.79 Å². The maximum absolute atomic E-state index is 11.5. The largest absolute Gasteiger partial charge is 0.375 e. The van der Waals surface area contributed by atoms with Gasteiger partial charge in [0.05, 0.1) is 0 Å². The van der Waals surface area contributed by atoms with Gasteiger partial charge in [-0.15, -0.1) is 0 Å². The average molecular weight is 239 g/mol. The highest BCUT2D eigenvalue weighted by molar-refractivity contribution is 6.03. The third-order valence-corrected chi connectivity index (χ3v) is 2.40. The van der Waals surface area contributed by atoms with Crippen LogP contribution in [0.25, 0.3) is 0 Å². The molecule has 1 rings (SSSR count). The summed E-state index contributed by atoms with van der Waals surface area (Å²) in [6.45, 7) is 13.1. The van der Waals surface area contributed by atoms with E-state index < -0.39 is 0 Å². The molecule has 0 atom stereocenters. The smallest absolute Gasteiger partial charge is 0.184 e. The van der Waals surface area contributed by atoms with Crippen molar-refractivity contribution in [1.29, 1.82) is 0 Å². The standard InChI is InChI=1S/C11H19N3O.C2H6/c1-9(2)10(15)8-11(12-3)14-6-4-13-5-7-14;1-2/h8,12-13H,1,4-7H2,2-3H3;1-2H3/b11-8+;. The SMILES string of the molecule is C=C(C)C(=O)/C=C(\NC)N1CCNCC1.CC. The molecule has 0 spiro atoms. The van der Waals surface area contributed by atoms with Crippen molar-refractivity contribution < 1.29 is 4.79 Å². The highest BCUT2D eigenvalue weighted by Crippen LogP contribution is 2.04. The Morgan fingerprint density at radius 1 is 1.35 bits per heavy atom. The quantitative estimate of drug-likeness (QED) is 0.722. The lowest BCUT2D eigenvalue weighted by Gasteiger charge is -2.31. The summed E-state index contributed by atoms with van der Waals surface area (Å²) >= 11 is 0. The first kappa shape index (κ1) is 15.7. The molecule has 1 fully saturated rings. The lowest BCUT2D eigenvalue weighted by molar-refractivity contribution is -0.111. The van der Waals surface area contributed by atoms with Gasteiger partial charge in [0.2, 0.25) is 0 Å². The van der Waals surface area contributed by atoms with E-state index in [-0.39, 0.29) is 5.78 Å². The van der Waals surface area contributed by atoms with E-state index in [1.165, 1.54) is 0 Å². The fourth-order valence-electron chi connectivity index (χ4n) is 1.47. The van der Waals surface area contributed by atoms with Gasteiger partial charge in [-0.2, -0.15) is 0 Å². The average Bonchev–Trinajstić information content (AvgIpc) is 2.38. The van der Waals surface area contributed by atoms with Gasteiger partial charge in [-0.1, -0.05) is 20.4 Å². The first-order valence-electron chi connectivity index (χ1n) is 6.20. The Labute approximate surface area is 105 Å². The number of hydrogen-bond donors (Lipinski definition) is 2. The zero-order chi connectivity index (χ0) is 13.3. The summed E-state index contributed by atoms with van der Waals surface area (Å²) in [5, 5.41) is 6.33. The van der Waals surface area contributed by atoms with E-state index in [1.807, 2.05) is 20.9 Å². The third kappa shape index (κ3) is 5.54. The van der Waals surface area contributed by atoms with Crippen molar-refractivity contribution in [3.8, 4) is 0 Å². The van der Waals surface area contributed by atoms with Gasteiger partial charge < -0.3 is 15.5 Å². The van der Waals surface area contributed by atoms with Crippen LogP contribution in [0.3, 0.4) is 0 Å². The summed E-state index contributed by atoms with van der Waals surface area (Å²) in [5.74, 6) is 0.863. The Bertz CT molecular complexity index is 278. The minimum absolute atomic E-state index is 0.0158. The molecule has 0 saturated carbocycles. The van der Waals surface area contributed by atoms with Gasteiger partial charge in [-0.05, 0) is 12.5 Å². The fourth-order valence-corrected chi connectivity index (χ4v) is 1.47. The summed E-state index contributed by atoms with van der Waals surface area (Å²) in [6, 6.07) is 0. The predicted molar refractivity (Wildman–Crippen MR) is 72.8 cm³/mol. The number of allylic oxidation sites excluding steroid dienone is 2. The molecule has 1 saturated heterocycles. The van der Waals surface area contributed by atoms with E-state index in [0.717, 1.165) is 32.0 Å². The Morgan fingerprint density at radius 2 is 1.88 bits per heavy atom. The lowest BCUT2D eigenvalue weighted by Crippen LogP contribution is -2.45. The number of rotatable bonds is 4. The van der Waals surface area contributed by atoms with Crippen molar-refractivity contribution in [3.05, 3.63) is 24.0 Å². The van der Waals surface area contributed by atoms with Gasteiger partial charge in [0, 0.05) is 39.3 Å². The monoisotopic (exact) mass is 239 g/mol. The Balaban J connectivity index is 0.00000121. The van der Waals surface area contributed by atoms with Crippen LogP contribution in [0.15, 0.2) is 24.0 Å². The van der Waals surface area contributed by atoms with E-state index in [0.29, 0.717) is 5.57 Å². The van der Waals surface area contributed by atoms with Crippen LogP contribution in [0.4, 0.5) is 0 Å². The number of nitrogens with one attached hydrogen (secondary N) is 2. The van der Waals surface area contributed by atoms with E-state index in [1.54, 1.807) is 13.0 Å². The van der Waals surface area contributed by atoms with E-state index in [4.69, 9.17) is 0 Å². The number of piperazine rings is 1. The molecule has 2 N–H and O–H groups in total. The lowest BCUT2D eigenvalue weighted by atomic mass is 10.2. The molecular weight excluding hydrogens is 214 g/mol. The first-order valence-corrected chi connectivity index (χ1v) is 6.20. The van der Waals surface area contributed by atoms with Crippen LogP contribution in [0, 0.1) is 0 Å².